The van der Waals surface area contributed by atoms with Crippen LogP contribution in [-0.2, 0) is 6.54 Å². The van der Waals surface area contributed by atoms with Gasteiger partial charge in [-0.15, -0.1) is 5.10 Å². The number of anilines is 2. The average molecular weight is 450 g/mol. The van der Waals surface area contributed by atoms with Crippen LogP contribution in [0, 0.1) is 0 Å². The zero-order valence-electron chi connectivity index (χ0n) is 18.6. The lowest BCUT2D eigenvalue weighted by Crippen LogP contribution is -2.22. The van der Waals surface area contributed by atoms with Gasteiger partial charge in [0.25, 0.3) is 5.91 Å². The number of carbonyl (C=O) groups is 1. The van der Waals surface area contributed by atoms with Crippen LogP contribution in [-0.4, -0.2) is 27.6 Å². The van der Waals surface area contributed by atoms with E-state index in [4.69, 9.17) is 4.74 Å². The summed E-state index contributed by atoms with van der Waals surface area (Å²) >= 11 is 0. The van der Waals surface area contributed by atoms with Crippen molar-refractivity contribution in [2.45, 2.75) is 6.54 Å². The first-order valence-electron chi connectivity index (χ1n) is 10.9. The van der Waals surface area contributed by atoms with Crippen molar-refractivity contribution in [2.75, 3.05) is 12.4 Å². The topological polar surface area (TPSA) is 80.5 Å². The summed E-state index contributed by atoms with van der Waals surface area (Å²) in [6.07, 6.45) is 0. The van der Waals surface area contributed by atoms with Crippen LogP contribution in [0.1, 0.15) is 15.9 Å². The molecule has 7 heteroatoms. The Morgan fingerprint density at radius 3 is 2.38 bits per heavy atom. The fourth-order valence-electron chi connectivity index (χ4n) is 3.65. The van der Waals surface area contributed by atoms with E-state index >= 15 is 0 Å². The van der Waals surface area contributed by atoms with Gasteiger partial charge in [0, 0.05) is 23.4 Å². The average Bonchev–Trinajstić information content (AvgIpc) is 3.31. The van der Waals surface area contributed by atoms with E-state index in [0.29, 0.717) is 18.1 Å². The second-order valence-corrected chi connectivity index (χ2v) is 7.72. The lowest BCUT2D eigenvalue weighted by Gasteiger charge is -2.07. The Bertz CT molecular complexity index is 1410. The molecule has 2 aromatic heterocycles. The number of benzene rings is 3. The van der Waals surface area contributed by atoms with E-state index in [1.165, 1.54) is 0 Å². The lowest BCUT2D eigenvalue weighted by molar-refractivity contribution is 0.0951. The molecule has 168 valence electrons. The molecule has 0 unspecified atom stereocenters. The first-order valence-corrected chi connectivity index (χ1v) is 10.9. The standard InChI is InChI=1S/C27H23N5O2/c1-34-23-16-12-20(13-17-23)24-8-5-9-25-30-27(31-32(24)25)29-22-14-10-21(11-15-22)26(33)28-18-19-6-3-2-4-7-19/h2-17H,18H2,1H3,(H,28,33)(H,29,31). The van der Waals surface area contributed by atoms with Crippen molar-refractivity contribution >= 4 is 23.2 Å². The molecule has 0 radical (unpaired) electrons. The molecule has 34 heavy (non-hydrogen) atoms. The Labute approximate surface area is 197 Å². The maximum Gasteiger partial charge on any atom is 0.251 e. The zero-order chi connectivity index (χ0) is 23.3. The molecule has 0 fully saturated rings. The molecule has 2 heterocycles. The summed E-state index contributed by atoms with van der Waals surface area (Å²) in [5.74, 6) is 1.15. The minimum atomic E-state index is -0.120. The Kier molecular flexibility index (Phi) is 5.90. The molecular formula is C27H23N5O2. The molecule has 0 saturated heterocycles. The van der Waals surface area contributed by atoms with Crippen LogP contribution < -0.4 is 15.4 Å². The van der Waals surface area contributed by atoms with Crippen molar-refractivity contribution in [1.29, 1.82) is 0 Å². The first kappa shape index (κ1) is 21.2. The molecule has 5 aromatic rings. The number of nitrogens with one attached hydrogen (secondary N) is 2. The predicted molar refractivity (Wildman–Crippen MR) is 132 cm³/mol. The van der Waals surface area contributed by atoms with Gasteiger partial charge in [-0.1, -0.05) is 36.4 Å². The molecule has 0 bridgehead atoms. The second kappa shape index (κ2) is 9.46. The molecule has 1 amide bonds. The minimum absolute atomic E-state index is 0.120. The molecule has 0 atom stereocenters. The summed E-state index contributed by atoms with van der Waals surface area (Å²) in [5.41, 5.74) is 5.10. The van der Waals surface area contributed by atoms with Crippen LogP contribution in [0.15, 0.2) is 97.1 Å². The van der Waals surface area contributed by atoms with Crippen molar-refractivity contribution in [3.05, 3.63) is 108 Å². The Morgan fingerprint density at radius 2 is 1.65 bits per heavy atom. The lowest BCUT2D eigenvalue weighted by atomic mass is 10.1. The summed E-state index contributed by atoms with van der Waals surface area (Å²) in [4.78, 5) is 17.0. The van der Waals surface area contributed by atoms with Gasteiger partial charge < -0.3 is 15.4 Å². The normalized spacial score (nSPS) is 10.7. The quantitative estimate of drug-likeness (QED) is 0.362. The van der Waals surface area contributed by atoms with Gasteiger partial charge in [-0.25, -0.2) is 4.52 Å². The van der Waals surface area contributed by atoms with Crippen LogP contribution in [0.4, 0.5) is 11.6 Å². The number of methoxy groups -OCH3 is 1. The number of nitrogens with zero attached hydrogens (tertiary/aromatic N) is 3. The van der Waals surface area contributed by atoms with Gasteiger partial charge in [0.15, 0.2) is 5.65 Å². The van der Waals surface area contributed by atoms with Crippen LogP contribution >= 0.6 is 0 Å². The number of ether oxygens (including phenoxy) is 1. The number of hydrogen-bond acceptors (Lipinski definition) is 5. The van der Waals surface area contributed by atoms with E-state index in [-0.39, 0.29) is 5.91 Å². The molecule has 0 saturated carbocycles. The highest BCUT2D eigenvalue weighted by Crippen LogP contribution is 2.24. The van der Waals surface area contributed by atoms with Crippen molar-refractivity contribution < 1.29 is 9.53 Å². The molecule has 3 aromatic carbocycles. The summed E-state index contributed by atoms with van der Waals surface area (Å²) < 4.78 is 7.05. The fourth-order valence-corrected chi connectivity index (χ4v) is 3.65. The van der Waals surface area contributed by atoms with Gasteiger partial charge in [-0.3, -0.25) is 4.79 Å². The number of hydrogen-bond donors (Lipinski definition) is 2. The summed E-state index contributed by atoms with van der Waals surface area (Å²) in [7, 11) is 1.65. The number of amides is 1. The molecule has 0 aliphatic rings. The summed E-state index contributed by atoms with van der Waals surface area (Å²) in [6.45, 7) is 0.487. The van der Waals surface area contributed by atoms with Crippen molar-refractivity contribution in [2.24, 2.45) is 0 Å². The Hall–Kier alpha value is -4.65. The van der Waals surface area contributed by atoms with Crippen LogP contribution in [0.2, 0.25) is 0 Å². The molecule has 7 nitrogen and oxygen atoms in total. The number of aromatic nitrogens is 3. The third-order valence-corrected chi connectivity index (χ3v) is 5.44. The van der Waals surface area contributed by atoms with Gasteiger partial charge in [-0.05, 0) is 66.2 Å². The first-order chi connectivity index (χ1) is 16.7. The second-order valence-electron chi connectivity index (χ2n) is 7.72. The van der Waals surface area contributed by atoms with Crippen LogP contribution in [0.5, 0.6) is 5.75 Å². The van der Waals surface area contributed by atoms with Gasteiger partial charge in [-0.2, -0.15) is 4.98 Å². The fraction of sp³-hybridized carbons (Fsp3) is 0.0741. The smallest absolute Gasteiger partial charge is 0.251 e. The maximum atomic E-state index is 12.5. The van der Waals surface area contributed by atoms with Crippen LogP contribution in [0.25, 0.3) is 16.9 Å². The Morgan fingerprint density at radius 1 is 0.882 bits per heavy atom. The molecule has 0 spiro atoms. The van der Waals surface area contributed by atoms with Gasteiger partial charge in [0.05, 0.1) is 12.8 Å². The van der Waals surface area contributed by atoms with E-state index in [1.54, 1.807) is 23.8 Å². The zero-order valence-corrected chi connectivity index (χ0v) is 18.6. The number of fused-ring (bicyclic) bond motifs is 1. The monoisotopic (exact) mass is 449 g/mol. The van der Waals surface area contributed by atoms with Crippen molar-refractivity contribution in [3.8, 4) is 17.0 Å². The highest BCUT2D eigenvalue weighted by molar-refractivity contribution is 5.94. The number of pyridine rings is 1. The third kappa shape index (κ3) is 4.59. The van der Waals surface area contributed by atoms with E-state index in [0.717, 1.165) is 33.9 Å². The maximum absolute atomic E-state index is 12.5. The number of rotatable bonds is 7. The molecule has 5 rings (SSSR count). The van der Waals surface area contributed by atoms with Gasteiger partial charge in [0.2, 0.25) is 5.95 Å². The summed E-state index contributed by atoms with van der Waals surface area (Å²) in [5, 5.41) is 10.8. The minimum Gasteiger partial charge on any atom is -0.497 e. The van der Waals surface area contributed by atoms with E-state index in [9.17, 15) is 4.79 Å². The van der Waals surface area contributed by atoms with E-state index in [1.807, 2.05) is 84.9 Å². The van der Waals surface area contributed by atoms with Crippen molar-refractivity contribution in [1.82, 2.24) is 19.9 Å². The van der Waals surface area contributed by atoms with Crippen molar-refractivity contribution in [3.63, 3.8) is 0 Å². The highest BCUT2D eigenvalue weighted by Gasteiger charge is 2.10. The SMILES string of the molecule is COc1ccc(-c2cccc3nc(Nc4ccc(C(=O)NCc5ccccc5)cc4)nn23)cc1. The Balaban J connectivity index is 1.30. The number of carbonyl (C=O) groups excluding carboxylic acids is 1. The van der Waals surface area contributed by atoms with Gasteiger partial charge >= 0.3 is 0 Å². The van der Waals surface area contributed by atoms with E-state index in [2.05, 4.69) is 20.7 Å². The highest BCUT2D eigenvalue weighted by atomic mass is 16.5. The van der Waals surface area contributed by atoms with Gasteiger partial charge in [0.1, 0.15) is 5.75 Å². The summed E-state index contributed by atoms with van der Waals surface area (Å²) in [6, 6.07) is 30.7. The van der Waals surface area contributed by atoms with Crippen LogP contribution in [0.3, 0.4) is 0 Å². The molecular weight excluding hydrogens is 426 g/mol. The molecule has 0 aliphatic heterocycles. The predicted octanol–water partition coefficient (Wildman–Crippen LogP) is 5.08. The molecule has 0 aliphatic carbocycles. The molecule has 2 N–H and O–H groups in total. The third-order valence-electron chi connectivity index (χ3n) is 5.44. The van der Waals surface area contributed by atoms with E-state index < -0.39 is 0 Å². The largest absolute Gasteiger partial charge is 0.497 e.